The number of carbonyl (C=O) groups is 1. The van der Waals surface area contributed by atoms with Crippen LogP contribution in [0.15, 0.2) is 42.5 Å². The van der Waals surface area contributed by atoms with Gasteiger partial charge in [0.05, 0.1) is 5.56 Å². The highest BCUT2D eigenvalue weighted by molar-refractivity contribution is 6.31. The van der Waals surface area contributed by atoms with Crippen molar-refractivity contribution in [3.63, 3.8) is 0 Å². The highest BCUT2D eigenvalue weighted by Crippen LogP contribution is 2.24. The van der Waals surface area contributed by atoms with Crippen LogP contribution in [0.4, 0.5) is 10.1 Å². The van der Waals surface area contributed by atoms with E-state index in [4.69, 9.17) is 16.3 Å². The van der Waals surface area contributed by atoms with E-state index in [0.29, 0.717) is 22.8 Å². The Labute approximate surface area is 151 Å². The molecule has 1 saturated heterocycles. The Kier molecular flexibility index (Phi) is 5.76. The SMILES string of the molecule is O=C(c1ccc(Cl)cc1NCCOc1ccccc1F)N1CCCC1. The molecule has 0 unspecified atom stereocenters. The monoisotopic (exact) mass is 362 g/mol. The molecule has 1 amide bonds. The van der Waals surface area contributed by atoms with Gasteiger partial charge in [0.15, 0.2) is 11.6 Å². The maximum absolute atomic E-state index is 13.5. The number of carbonyl (C=O) groups excluding carboxylic acids is 1. The molecule has 0 aromatic heterocycles. The highest BCUT2D eigenvalue weighted by atomic mass is 35.5. The Morgan fingerprint density at radius 1 is 1.20 bits per heavy atom. The number of rotatable bonds is 6. The van der Waals surface area contributed by atoms with Gasteiger partial charge in [-0.1, -0.05) is 23.7 Å². The molecule has 0 bridgehead atoms. The van der Waals surface area contributed by atoms with E-state index in [-0.39, 0.29) is 18.3 Å². The number of nitrogens with zero attached hydrogens (tertiary/aromatic N) is 1. The van der Waals surface area contributed by atoms with Crippen LogP contribution in [-0.2, 0) is 0 Å². The minimum absolute atomic E-state index is 0.00619. The van der Waals surface area contributed by atoms with E-state index in [2.05, 4.69) is 5.32 Å². The Bertz CT molecular complexity index is 748. The normalized spacial score (nSPS) is 13.8. The van der Waals surface area contributed by atoms with Gasteiger partial charge in [-0.05, 0) is 43.2 Å². The summed E-state index contributed by atoms with van der Waals surface area (Å²) in [5.41, 5.74) is 1.26. The van der Waals surface area contributed by atoms with Gasteiger partial charge in [-0.25, -0.2) is 4.39 Å². The molecule has 132 valence electrons. The fraction of sp³-hybridized carbons (Fsp3) is 0.316. The average molecular weight is 363 g/mol. The second kappa shape index (κ2) is 8.21. The predicted octanol–water partition coefficient (Wildman–Crippen LogP) is 4.21. The predicted molar refractivity (Wildman–Crippen MR) is 97.0 cm³/mol. The van der Waals surface area contributed by atoms with Crippen LogP contribution in [0, 0.1) is 5.82 Å². The number of hydrogen-bond acceptors (Lipinski definition) is 3. The van der Waals surface area contributed by atoms with Gasteiger partial charge in [-0.2, -0.15) is 0 Å². The van der Waals surface area contributed by atoms with Gasteiger partial charge < -0.3 is 15.0 Å². The van der Waals surface area contributed by atoms with Crippen molar-refractivity contribution in [2.75, 3.05) is 31.6 Å². The summed E-state index contributed by atoms with van der Waals surface area (Å²) in [6.07, 6.45) is 2.08. The van der Waals surface area contributed by atoms with Crippen molar-refractivity contribution in [2.24, 2.45) is 0 Å². The molecular weight excluding hydrogens is 343 g/mol. The summed E-state index contributed by atoms with van der Waals surface area (Å²) in [5, 5.41) is 3.72. The summed E-state index contributed by atoms with van der Waals surface area (Å²) in [6.45, 7) is 2.27. The van der Waals surface area contributed by atoms with Gasteiger partial charge in [-0.3, -0.25) is 4.79 Å². The number of amides is 1. The van der Waals surface area contributed by atoms with Gasteiger partial charge in [0.1, 0.15) is 6.61 Å². The number of benzene rings is 2. The molecule has 1 aliphatic rings. The maximum atomic E-state index is 13.5. The van der Waals surface area contributed by atoms with Crippen molar-refractivity contribution >= 4 is 23.2 Å². The van der Waals surface area contributed by atoms with Gasteiger partial charge >= 0.3 is 0 Å². The highest BCUT2D eigenvalue weighted by Gasteiger charge is 2.21. The minimum atomic E-state index is -0.393. The molecule has 1 heterocycles. The smallest absolute Gasteiger partial charge is 0.255 e. The number of anilines is 1. The molecule has 2 aromatic rings. The van der Waals surface area contributed by atoms with Crippen molar-refractivity contribution in [2.45, 2.75) is 12.8 Å². The average Bonchev–Trinajstić information content (AvgIpc) is 3.14. The summed E-state index contributed by atoms with van der Waals surface area (Å²) in [6, 6.07) is 11.4. The zero-order valence-electron chi connectivity index (χ0n) is 13.8. The first-order valence-corrected chi connectivity index (χ1v) is 8.73. The molecule has 3 rings (SSSR count). The lowest BCUT2D eigenvalue weighted by molar-refractivity contribution is 0.0793. The molecule has 25 heavy (non-hydrogen) atoms. The third-order valence-electron chi connectivity index (χ3n) is 4.12. The Morgan fingerprint density at radius 2 is 1.96 bits per heavy atom. The second-order valence-electron chi connectivity index (χ2n) is 5.89. The van der Waals surface area contributed by atoms with Crippen LogP contribution in [0.5, 0.6) is 5.75 Å². The van der Waals surface area contributed by atoms with E-state index < -0.39 is 5.82 Å². The maximum Gasteiger partial charge on any atom is 0.255 e. The molecule has 0 saturated carbocycles. The van der Waals surface area contributed by atoms with E-state index in [1.54, 1.807) is 36.4 Å². The van der Waals surface area contributed by atoms with Crippen LogP contribution < -0.4 is 10.1 Å². The van der Waals surface area contributed by atoms with Crippen molar-refractivity contribution in [1.82, 2.24) is 4.90 Å². The zero-order chi connectivity index (χ0) is 17.6. The molecule has 0 aliphatic carbocycles. The minimum Gasteiger partial charge on any atom is -0.489 e. The van der Waals surface area contributed by atoms with E-state index in [1.165, 1.54) is 6.07 Å². The standard InChI is InChI=1S/C19H20ClFN2O2/c20-14-7-8-15(19(24)23-10-3-4-11-23)17(13-14)22-9-12-25-18-6-2-1-5-16(18)21/h1-2,5-8,13,22H,3-4,9-12H2. The Morgan fingerprint density at radius 3 is 2.72 bits per heavy atom. The Balaban J connectivity index is 1.62. The quantitative estimate of drug-likeness (QED) is 0.783. The number of para-hydroxylation sites is 1. The molecule has 0 radical (unpaired) electrons. The number of hydrogen-bond donors (Lipinski definition) is 1. The molecule has 4 nitrogen and oxygen atoms in total. The van der Waals surface area contributed by atoms with Crippen LogP contribution in [0.2, 0.25) is 5.02 Å². The lowest BCUT2D eigenvalue weighted by atomic mass is 10.1. The van der Waals surface area contributed by atoms with E-state index >= 15 is 0 Å². The molecule has 0 spiro atoms. The van der Waals surface area contributed by atoms with E-state index in [9.17, 15) is 9.18 Å². The van der Waals surface area contributed by atoms with Crippen LogP contribution >= 0.6 is 11.6 Å². The molecule has 1 N–H and O–H groups in total. The number of nitrogens with one attached hydrogen (secondary N) is 1. The van der Waals surface area contributed by atoms with E-state index in [0.717, 1.165) is 25.9 Å². The Hall–Kier alpha value is -2.27. The van der Waals surface area contributed by atoms with Gasteiger partial charge in [-0.15, -0.1) is 0 Å². The van der Waals surface area contributed by atoms with Crippen molar-refractivity contribution in [1.29, 1.82) is 0 Å². The zero-order valence-corrected chi connectivity index (χ0v) is 14.6. The molecule has 0 atom stereocenters. The fourth-order valence-electron chi connectivity index (χ4n) is 2.85. The van der Waals surface area contributed by atoms with Crippen LogP contribution in [0.3, 0.4) is 0 Å². The van der Waals surface area contributed by atoms with Crippen molar-refractivity contribution in [3.05, 3.63) is 58.9 Å². The van der Waals surface area contributed by atoms with Crippen molar-refractivity contribution in [3.8, 4) is 5.75 Å². The first kappa shape index (κ1) is 17.5. The topological polar surface area (TPSA) is 41.6 Å². The number of ether oxygens (including phenoxy) is 1. The first-order chi connectivity index (χ1) is 12.1. The van der Waals surface area contributed by atoms with Crippen molar-refractivity contribution < 1.29 is 13.9 Å². The molecule has 1 fully saturated rings. The summed E-state index contributed by atoms with van der Waals surface area (Å²) in [5.74, 6) is -0.175. The van der Waals surface area contributed by atoms with Gasteiger partial charge in [0.2, 0.25) is 0 Å². The fourth-order valence-corrected chi connectivity index (χ4v) is 3.02. The summed E-state index contributed by atoms with van der Waals surface area (Å²) < 4.78 is 18.9. The van der Waals surface area contributed by atoms with Gasteiger partial charge in [0.25, 0.3) is 5.91 Å². The summed E-state index contributed by atoms with van der Waals surface area (Å²) in [4.78, 5) is 14.5. The summed E-state index contributed by atoms with van der Waals surface area (Å²) in [7, 11) is 0. The summed E-state index contributed by atoms with van der Waals surface area (Å²) >= 11 is 6.06. The van der Waals surface area contributed by atoms with Gasteiger partial charge in [0, 0.05) is 30.3 Å². The molecule has 6 heteroatoms. The number of likely N-dealkylation sites (tertiary alicyclic amines) is 1. The third-order valence-corrected chi connectivity index (χ3v) is 4.35. The largest absolute Gasteiger partial charge is 0.489 e. The second-order valence-corrected chi connectivity index (χ2v) is 6.33. The number of halogens is 2. The van der Waals surface area contributed by atoms with Crippen LogP contribution in [-0.4, -0.2) is 37.0 Å². The van der Waals surface area contributed by atoms with Crippen LogP contribution in [0.25, 0.3) is 0 Å². The molecule has 1 aliphatic heterocycles. The first-order valence-electron chi connectivity index (χ1n) is 8.35. The molecule has 2 aromatic carbocycles. The third kappa shape index (κ3) is 4.42. The van der Waals surface area contributed by atoms with E-state index in [1.807, 2.05) is 4.90 Å². The lowest BCUT2D eigenvalue weighted by Gasteiger charge is -2.18. The lowest BCUT2D eigenvalue weighted by Crippen LogP contribution is -2.28. The van der Waals surface area contributed by atoms with Crippen LogP contribution in [0.1, 0.15) is 23.2 Å². The molecular formula is C19H20ClFN2O2.